The fraction of sp³-hybridized carbons (Fsp3) is 0. The van der Waals surface area contributed by atoms with E-state index in [-0.39, 0.29) is 106 Å². The molecule has 0 fully saturated rings. The predicted molar refractivity (Wildman–Crippen MR) is 17.3 cm³/mol. The summed E-state index contributed by atoms with van der Waals surface area (Å²) >= 11 is 0. The first-order chi connectivity index (χ1) is 0. The van der Waals surface area contributed by atoms with E-state index >= 15 is 0 Å². The molecule has 0 N–H and O–H groups in total. The maximum Gasteiger partial charge on any atom is 0 e. The Balaban J connectivity index is 0. The zero-order chi connectivity index (χ0) is 0. The van der Waals surface area contributed by atoms with Crippen molar-refractivity contribution in [3.63, 3.8) is 0 Å². The van der Waals surface area contributed by atoms with Gasteiger partial charge in [-0.1, -0.05) is 0 Å². The molecule has 0 unspecified atom stereocenters. The molecule has 0 nitrogen and oxygen atoms in total. The number of hydrogen-bond acceptors (Lipinski definition) is 0. The van der Waals surface area contributed by atoms with Gasteiger partial charge in [0.1, 0.15) is 0 Å². The molecule has 0 amide bonds. The van der Waals surface area contributed by atoms with Crippen LogP contribution in [0.4, 0.5) is 0 Å². The molecule has 0 rings (SSSR count). The van der Waals surface area contributed by atoms with Crippen LogP contribution in [0.2, 0.25) is 0 Å². The van der Waals surface area contributed by atoms with Crippen LogP contribution >= 0.6 is 0 Å². The van der Waals surface area contributed by atoms with Crippen LogP contribution in [-0.2, 0) is 17.4 Å². The summed E-state index contributed by atoms with van der Waals surface area (Å²) in [6.07, 6.45) is 0. The van der Waals surface area contributed by atoms with Crippen molar-refractivity contribution in [3.05, 3.63) is 0 Å². The average Bonchev–Trinajstić information content (AvgIpc) is 0. The van der Waals surface area contributed by atoms with Gasteiger partial charge in [-0.25, -0.2) is 0 Å². The smallest absolute Gasteiger partial charge is 0 e. The van der Waals surface area contributed by atoms with E-state index in [1.54, 1.807) is 0 Å². The molecule has 4 heteroatoms. The molecular weight excluding hydrogens is 121 g/mol. The first kappa shape index (κ1) is 25.8. The van der Waals surface area contributed by atoms with Crippen molar-refractivity contribution >= 4 is 88.7 Å². The second-order valence-electron chi connectivity index (χ2n) is 0. The van der Waals surface area contributed by atoms with Gasteiger partial charge in [-0.15, -0.1) is 0 Å². The van der Waals surface area contributed by atoms with Crippen molar-refractivity contribution in [3.8, 4) is 0 Å². The Bertz CT molecular complexity index is 3.25. The fourth-order valence-electron chi connectivity index (χ4n) is 0. The van der Waals surface area contributed by atoms with E-state index in [9.17, 15) is 0 Å². The minimum absolute atomic E-state index is 0. The molecule has 0 aliphatic rings. The van der Waals surface area contributed by atoms with Gasteiger partial charge in [0.2, 0.25) is 0 Å². The third kappa shape index (κ3) is 9.11. The summed E-state index contributed by atoms with van der Waals surface area (Å²) in [5, 5.41) is 0. The monoisotopic (exact) mass is 121 g/mol. The van der Waals surface area contributed by atoms with E-state index < -0.39 is 0 Å². The summed E-state index contributed by atoms with van der Waals surface area (Å²) in [6, 6.07) is 0. The van der Waals surface area contributed by atoms with Crippen LogP contribution in [0.25, 0.3) is 0 Å². The molecule has 0 aliphatic heterocycles. The van der Waals surface area contributed by atoms with Crippen molar-refractivity contribution < 1.29 is 17.4 Å². The van der Waals surface area contributed by atoms with Crippen molar-refractivity contribution in [1.82, 2.24) is 0 Å². The Morgan fingerprint density at radius 2 is 0.500 bits per heavy atom. The van der Waals surface area contributed by atoms with Crippen LogP contribution in [0, 0.1) is 0 Å². The Kier molecular flexibility index (Phi) is 103. The van der Waals surface area contributed by atoms with E-state index in [0.29, 0.717) is 0 Å². The SMILES string of the molecule is [Cr].[Na].[Na].[Na]. The molecule has 9 valence electrons. The van der Waals surface area contributed by atoms with Gasteiger partial charge in [0, 0.05) is 106 Å². The second-order valence-corrected chi connectivity index (χ2v) is 0. The molecule has 0 aromatic rings. The van der Waals surface area contributed by atoms with Gasteiger partial charge >= 0.3 is 0 Å². The van der Waals surface area contributed by atoms with E-state index in [1.165, 1.54) is 0 Å². The molecule has 0 aromatic carbocycles. The Morgan fingerprint density at radius 1 is 0.500 bits per heavy atom. The number of rotatable bonds is 0. The summed E-state index contributed by atoms with van der Waals surface area (Å²) in [5.41, 5.74) is 0. The van der Waals surface area contributed by atoms with Gasteiger partial charge in [0.25, 0.3) is 0 Å². The first-order valence-electron chi connectivity index (χ1n) is 0. The normalized spacial score (nSPS) is 0. The van der Waals surface area contributed by atoms with E-state index in [0.717, 1.165) is 0 Å². The Morgan fingerprint density at radius 3 is 0.500 bits per heavy atom. The van der Waals surface area contributed by atoms with Gasteiger partial charge in [-0.05, 0) is 0 Å². The molecular formula is CrNa3. The van der Waals surface area contributed by atoms with Crippen LogP contribution in [0.3, 0.4) is 0 Å². The summed E-state index contributed by atoms with van der Waals surface area (Å²) in [5.74, 6) is 0. The van der Waals surface area contributed by atoms with Gasteiger partial charge < -0.3 is 0 Å². The molecule has 0 heterocycles. The summed E-state index contributed by atoms with van der Waals surface area (Å²) in [6.45, 7) is 0. The van der Waals surface area contributed by atoms with Crippen molar-refractivity contribution in [2.75, 3.05) is 0 Å². The van der Waals surface area contributed by atoms with Gasteiger partial charge in [-0.3, -0.25) is 0 Å². The van der Waals surface area contributed by atoms with Crippen LogP contribution in [0.5, 0.6) is 0 Å². The third-order valence-electron chi connectivity index (χ3n) is 0. The topological polar surface area (TPSA) is 0 Å². The molecule has 3 radical (unpaired) electrons. The molecule has 4 heavy (non-hydrogen) atoms. The van der Waals surface area contributed by atoms with E-state index in [1.807, 2.05) is 0 Å². The molecule has 0 atom stereocenters. The molecule has 0 saturated carbocycles. The maximum atomic E-state index is 0. The van der Waals surface area contributed by atoms with Gasteiger partial charge in [0.05, 0.1) is 0 Å². The molecule has 0 spiro atoms. The largest absolute Gasteiger partial charge is 0 e. The molecule has 0 bridgehead atoms. The van der Waals surface area contributed by atoms with Gasteiger partial charge in [0.15, 0.2) is 0 Å². The van der Waals surface area contributed by atoms with Crippen LogP contribution < -0.4 is 0 Å². The quantitative estimate of drug-likeness (QED) is 0.355. The van der Waals surface area contributed by atoms with Crippen LogP contribution in [-0.4, -0.2) is 88.7 Å². The minimum atomic E-state index is 0. The summed E-state index contributed by atoms with van der Waals surface area (Å²) < 4.78 is 0. The van der Waals surface area contributed by atoms with Crippen LogP contribution in [0.1, 0.15) is 0 Å². The fourth-order valence-corrected chi connectivity index (χ4v) is 0. The average molecular weight is 121 g/mol. The summed E-state index contributed by atoms with van der Waals surface area (Å²) in [7, 11) is 0. The molecule has 0 saturated heterocycles. The van der Waals surface area contributed by atoms with E-state index in [2.05, 4.69) is 0 Å². The molecule has 0 aliphatic carbocycles. The second kappa shape index (κ2) is 16.0. The van der Waals surface area contributed by atoms with Gasteiger partial charge in [-0.2, -0.15) is 0 Å². The Hall–Kier alpha value is 3.53. The standard InChI is InChI=1S/Cr.3Na. The summed E-state index contributed by atoms with van der Waals surface area (Å²) in [4.78, 5) is 0. The minimum Gasteiger partial charge on any atom is 0 e. The van der Waals surface area contributed by atoms with Crippen molar-refractivity contribution in [2.45, 2.75) is 0 Å². The first-order valence-corrected chi connectivity index (χ1v) is 0. The number of hydrogen-bond donors (Lipinski definition) is 0. The van der Waals surface area contributed by atoms with Crippen LogP contribution in [0.15, 0.2) is 0 Å². The zero-order valence-electron chi connectivity index (χ0n) is 3.41. The maximum absolute atomic E-state index is 0. The predicted octanol–water partition coefficient (Wildman–Crippen LogP) is -1.14. The van der Waals surface area contributed by atoms with E-state index in [4.69, 9.17) is 0 Å². The third-order valence-corrected chi connectivity index (χ3v) is 0. The Labute approximate surface area is 103 Å². The zero-order valence-corrected chi connectivity index (χ0v) is 10.7. The van der Waals surface area contributed by atoms with Crippen molar-refractivity contribution in [2.24, 2.45) is 0 Å². The molecule has 0 aromatic heterocycles. The van der Waals surface area contributed by atoms with Crippen molar-refractivity contribution in [1.29, 1.82) is 0 Å².